The molecule has 0 aliphatic heterocycles. The van der Waals surface area contributed by atoms with Crippen molar-refractivity contribution >= 4 is 0 Å². The molecule has 0 spiro atoms. The second-order valence-corrected chi connectivity index (χ2v) is 4.55. The Labute approximate surface area is 116 Å². The van der Waals surface area contributed by atoms with E-state index in [1.807, 2.05) is 6.92 Å². The van der Waals surface area contributed by atoms with Crippen molar-refractivity contribution in [3.8, 4) is 6.07 Å². The van der Waals surface area contributed by atoms with Gasteiger partial charge >= 0.3 is 0 Å². The third-order valence-corrected chi connectivity index (χ3v) is 3.14. The van der Waals surface area contributed by atoms with Gasteiger partial charge < -0.3 is 5.32 Å². The quantitative estimate of drug-likeness (QED) is 0.921. The summed E-state index contributed by atoms with van der Waals surface area (Å²) in [5, 5.41) is 11.9. The molecule has 0 saturated heterocycles. The Kier molecular flexibility index (Phi) is 4.44. The molecular weight excluding hydrogens is 258 g/mol. The van der Waals surface area contributed by atoms with Crippen LogP contribution in [0.25, 0.3) is 0 Å². The van der Waals surface area contributed by atoms with Gasteiger partial charge in [-0.3, -0.25) is 0 Å². The van der Waals surface area contributed by atoms with E-state index in [0.29, 0.717) is 12.1 Å². The van der Waals surface area contributed by atoms with Crippen LogP contribution in [0, 0.1) is 23.0 Å². The van der Waals surface area contributed by atoms with Crippen molar-refractivity contribution in [1.82, 2.24) is 5.32 Å². The molecule has 2 aromatic rings. The van der Waals surface area contributed by atoms with Crippen molar-refractivity contribution in [2.75, 3.05) is 0 Å². The fraction of sp³-hybridized carbons (Fsp3) is 0.188. The first kappa shape index (κ1) is 14.2. The van der Waals surface area contributed by atoms with Gasteiger partial charge in [0.25, 0.3) is 0 Å². The van der Waals surface area contributed by atoms with Crippen molar-refractivity contribution in [2.45, 2.75) is 19.5 Å². The lowest BCUT2D eigenvalue weighted by Gasteiger charge is -2.15. The predicted octanol–water partition coefficient (Wildman–Crippen LogP) is 3.69. The number of hydrogen-bond acceptors (Lipinski definition) is 2. The highest BCUT2D eigenvalue weighted by Crippen LogP contribution is 2.17. The standard InChI is InChI=1S/C16H14F2N2/c1-11(14-4-2-3-5-16(14)18)20-10-12-6-7-15(17)13(8-12)9-19/h2-8,11,20H,10H2,1H3. The molecule has 1 atom stereocenters. The zero-order chi connectivity index (χ0) is 14.5. The van der Waals surface area contributed by atoms with Gasteiger partial charge in [-0.2, -0.15) is 5.26 Å². The Hall–Kier alpha value is -2.25. The van der Waals surface area contributed by atoms with E-state index >= 15 is 0 Å². The fourth-order valence-electron chi connectivity index (χ4n) is 1.98. The maximum atomic E-state index is 13.6. The third-order valence-electron chi connectivity index (χ3n) is 3.14. The number of hydrogen-bond donors (Lipinski definition) is 1. The molecule has 2 rings (SSSR count). The van der Waals surface area contributed by atoms with Crippen LogP contribution in [0.1, 0.15) is 29.7 Å². The summed E-state index contributed by atoms with van der Waals surface area (Å²) < 4.78 is 26.8. The number of halogens is 2. The lowest BCUT2D eigenvalue weighted by molar-refractivity contribution is 0.528. The minimum absolute atomic E-state index is 0.0165. The summed E-state index contributed by atoms with van der Waals surface area (Å²) in [5.74, 6) is -0.789. The monoisotopic (exact) mass is 272 g/mol. The molecule has 1 unspecified atom stereocenters. The fourth-order valence-corrected chi connectivity index (χ4v) is 1.98. The van der Waals surface area contributed by atoms with Crippen molar-refractivity contribution in [3.63, 3.8) is 0 Å². The van der Waals surface area contributed by atoms with Crippen molar-refractivity contribution in [2.24, 2.45) is 0 Å². The summed E-state index contributed by atoms with van der Waals surface area (Å²) in [6.45, 7) is 2.29. The Morgan fingerprint density at radius 3 is 2.60 bits per heavy atom. The molecule has 0 aromatic heterocycles. The Morgan fingerprint density at radius 1 is 1.15 bits per heavy atom. The molecule has 4 heteroatoms. The normalized spacial score (nSPS) is 11.9. The average molecular weight is 272 g/mol. The lowest BCUT2D eigenvalue weighted by atomic mass is 10.1. The van der Waals surface area contributed by atoms with Gasteiger partial charge in [-0.15, -0.1) is 0 Å². The molecular formula is C16H14F2N2. The van der Waals surface area contributed by atoms with Crippen LogP contribution in [-0.2, 0) is 6.54 Å². The molecule has 0 amide bonds. The summed E-state index contributed by atoms with van der Waals surface area (Å²) in [5.41, 5.74) is 1.38. The minimum Gasteiger partial charge on any atom is -0.306 e. The molecule has 0 fully saturated rings. The molecule has 0 bridgehead atoms. The SMILES string of the molecule is CC(NCc1ccc(F)c(C#N)c1)c1ccccc1F. The zero-order valence-electron chi connectivity index (χ0n) is 11.0. The molecule has 2 aromatic carbocycles. The highest BCUT2D eigenvalue weighted by Gasteiger charge is 2.10. The number of rotatable bonds is 4. The van der Waals surface area contributed by atoms with Crippen molar-refractivity contribution < 1.29 is 8.78 Å². The van der Waals surface area contributed by atoms with E-state index in [2.05, 4.69) is 5.32 Å². The Bertz CT molecular complexity index is 647. The number of nitrogens with zero attached hydrogens (tertiary/aromatic N) is 1. The van der Waals surface area contributed by atoms with Gasteiger partial charge in [0, 0.05) is 18.2 Å². The predicted molar refractivity (Wildman–Crippen MR) is 72.8 cm³/mol. The maximum absolute atomic E-state index is 13.6. The van der Waals surface area contributed by atoms with E-state index in [0.717, 1.165) is 5.56 Å². The van der Waals surface area contributed by atoms with Crippen molar-refractivity contribution in [3.05, 3.63) is 70.8 Å². The summed E-state index contributed by atoms with van der Waals surface area (Å²) in [4.78, 5) is 0. The van der Waals surface area contributed by atoms with Crippen molar-refractivity contribution in [1.29, 1.82) is 5.26 Å². The van der Waals surface area contributed by atoms with Gasteiger partial charge in [0.2, 0.25) is 0 Å². The van der Waals surface area contributed by atoms with Gasteiger partial charge in [-0.05, 0) is 30.7 Å². The summed E-state index contributed by atoms with van der Waals surface area (Å²) >= 11 is 0. The first-order chi connectivity index (χ1) is 9.61. The van der Waals surface area contributed by atoms with Gasteiger partial charge in [-0.25, -0.2) is 8.78 Å². The van der Waals surface area contributed by atoms with Crippen LogP contribution < -0.4 is 5.32 Å². The Morgan fingerprint density at radius 2 is 1.90 bits per heavy atom. The second-order valence-electron chi connectivity index (χ2n) is 4.55. The van der Waals surface area contributed by atoms with Gasteiger partial charge in [0.05, 0.1) is 5.56 Å². The van der Waals surface area contributed by atoms with E-state index in [9.17, 15) is 8.78 Å². The molecule has 102 valence electrons. The van der Waals surface area contributed by atoms with Crippen LogP contribution in [-0.4, -0.2) is 0 Å². The maximum Gasteiger partial charge on any atom is 0.140 e. The first-order valence-electron chi connectivity index (χ1n) is 6.28. The van der Waals surface area contributed by atoms with Crippen LogP contribution >= 0.6 is 0 Å². The average Bonchev–Trinajstić information content (AvgIpc) is 2.46. The van der Waals surface area contributed by atoms with Crippen LogP contribution in [0.2, 0.25) is 0 Å². The zero-order valence-corrected chi connectivity index (χ0v) is 11.0. The third kappa shape index (κ3) is 3.19. The molecule has 0 aliphatic carbocycles. The number of nitrogens with one attached hydrogen (secondary N) is 1. The van der Waals surface area contributed by atoms with E-state index in [-0.39, 0.29) is 17.4 Å². The van der Waals surface area contributed by atoms with Gasteiger partial charge in [0.15, 0.2) is 0 Å². The topological polar surface area (TPSA) is 35.8 Å². The highest BCUT2D eigenvalue weighted by molar-refractivity contribution is 5.34. The van der Waals surface area contributed by atoms with E-state index < -0.39 is 5.82 Å². The smallest absolute Gasteiger partial charge is 0.140 e. The Balaban J connectivity index is 2.06. The van der Waals surface area contributed by atoms with Gasteiger partial charge in [0.1, 0.15) is 17.7 Å². The first-order valence-corrected chi connectivity index (χ1v) is 6.28. The number of benzene rings is 2. The summed E-state index contributed by atoms with van der Waals surface area (Å²) in [7, 11) is 0. The molecule has 20 heavy (non-hydrogen) atoms. The van der Waals surface area contributed by atoms with E-state index in [1.165, 1.54) is 18.2 Å². The van der Waals surface area contributed by atoms with Gasteiger partial charge in [-0.1, -0.05) is 24.3 Å². The molecule has 0 radical (unpaired) electrons. The molecule has 1 N–H and O–H groups in total. The van der Waals surface area contributed by atoms with Crippen LogP contribution in [0.3, 0.4) is 0 Å². The highest BCUT2D eigenvalue weighted by atomic mass is 19.1. The summed E-state index contributed by atoms with van der Waals surface area (Å²) in [6.07, 6.45) is 0. The van der Waals surface area contributed by atoms with Crippen LogP contribution in [0.4, 0.5) is 8.78 Å². The van der Waals surface area contributed by atoms with E-state index in [4.69, 9.17) is 5.26 Å². The second kappa shape index (κ2) is 6.27. The summed E-state index contributed by atoms with van der Waals surface area (Å²) in [6, 6.07) is 12.6. The molecule has 0 aliphatic rings. The van der Waals surface area contributed by atoms with Crippen LogP contribution in [0.15, 0.2) is 42.5 Å². The molecule has 0 heterocycles. The lowest BCUT2D eigenvalue weighted by Crippen LogP contribution is -2.19. The minimum atomic E-state index is -0.529. The molecule has 2 nitrogen and oxygen atoms in total. The molecule has 0 saturated carbocycles. The van der Waals surface area contributed by atoms with Crippen LogP contribution in [0.5, 0.6) is 0 Å². The largest absolute Gasteiger partial charge is 0.306 e. The van der Waals surface area contributed by atoms with E-state index in [1.54, 1.807) is 30.3 Å². The number of nitriles is 1.